The number of anilines is 2. The summed E-state index contributed by atoms with van der Waals surface area (Å²) in [5, 5.41) is 5.91. The second-order valence-corrected chi connectivity index (χ2v) is 5.98. The van der Waals surface area contributed by atoms with Gasteiger partial charge in [-0.2, -0.15) is 0 Å². The molecule has 1 saturated carbocycles. The summed E-state index contributed by atoms with van der Waals surface area (Å²) in [6.07, 6.45) is 7.69. The maximum absolute atomic E-state index is 6.03. The minimum atomic E-state index is 0.551. The van der Waals surface area contributed by atoms with Gasteiger partial charge in [-0.05, 0) is 37.5 Å². The van der Waals surface area contributed by atoms with Crippen molar-refractivity contribution in [2.75, 3.05) is 24.1 Å². The van der Waals surface area contributed by atoms with Gasteiger partial charge in [-0.3, -0.25) is 9.88 Å². The van der Waals surface area contributed by atoms with E-state index in [9.17, 15) is 0 Å². The molecule has 1 unspecified atom stereocenters. The Bertz CT molecular complexity index is 635. The average Bonchev–Trinajstić information content (AvgIpc) is 3.23. The maximum Gasteiger partial charge on any atom is 0.0425 e. The predicted molar refractivity (Wildman–Crippen MR) is 82.8 cm³/mol. The Hall–Kier alpha value is -1.81. The van der Waals surface area contributed by atoms with Crippen LogP contribution in [0.2, 0.25) is 0 Å². The second-order valence-electron chi connectivity index (χ2n) is 5.98. The zero-order valence-electron chi connectivity index (χ0n) is 11.5. The Morgan fingerprint density at radius 2 is 2.05 bits per heavy atom. The van der Waals surface area contributed by atoms with Gasteiger partial charge in [-0.15, -0.1) is 0 Å². The first kappa shape index (κ1) is 12.0. The van der Waals surface area contributed by atoms with E-state index in [0.29, 0.717) is 6.04 Å². The Kier molecular flexibility index (Phi) is 2.77. The lowest BCUT2D eigenvalue weighted by molar-refractivity contribution is 0.326. The lowest BCUT2D eigenvalue weighted by Gasteiger charge is -2.18. The van der Waals surface area contributed by atoms with Crippen LogP contribution >= 0.6 is 0 Å². The minimum absolute atomic E-state index is 0.551. The number of nitrogens with two attached hydrogens (primary N) is 1. The molecule has 104 valence electrons. The normalized spacial score (nSPS) is 23.3. The number of fused-ring (bicyclic) bond motifs is 1. The van der Waals surface area contributed by atoms with E-state index in [-0.39, 0.29) is 0 Å². The van der Waals surface area contributed by atoms with E-state index in [1.807, 2.05) is 24.5 Å². The molecule has 1 aromatic heterocycles. The molecular formula is C16H20N4. The maximum atomic E-state index is 6.03. The van der Waals surface area contributed by atoms with Gasteiger partial charge in [-0.1, -0.05) is 0 Å². The standard InChI is InChI=1S/C16H20N4/c17-15-3-4-16(13-5-7-18-9-14(13)15)19-11-6-8-20(10-11)12-1-2-12/h3-5,7,9,11-12,19H,1-2,6,8,10,17H2. The van der Waals surface area contributed by atoms with Gasteiger partial charge in [0.15, 0.2) is 0 Å². The van der Waals surface area contributed by atoms with Crippen molar-refractivity contribution in [2.45, 2.75) is 31.3 Å². The highest BCUT2D eigenvalue weighted by Gasteiger charge is 2.34. The van der Waals surface area contributed by atoms with Gasteiger partial charge < -0.3 is 11.1 Å². The third-order valence-corrected chi connectivity index (χ3v) is 4.49. The van der Waals surface area contributed by atoms with Crippen molar-refractivity contribution in [1.82, 2.24) is 9.88 Å². The lowest BCUT2D eigenvalue weighted by atomic mass is 10.1. The van der Waals surface area contributed by atoms with Gasteiger partial charge in [0.2, 0.25) is 0 Å². The molecule has 2 aromatic rings. The van der Waals surface area contributed by atoms with Crippen molar-refractivity contribution in [3.63, 3.8) is 0 Å². The Morgan fingerprint density at radius 3 is 2.90 bits per heavy atom. The van der Waals surface area contributed by atoms with E-state index in [0.717, 1.165) is 17.1 Å². The first-order valence-corrected chi connectivity index (χ1v) is 7.44. The van der Waals surface area contributed by atoms with Crippen LogP contribution in [0, 0.1) is 0 Å². The van der Waals surface area contributed by atoms with E-state index in [2.05, 4.69) is 21.3 Å². The van der Waals surface area contributed by atoms with Gasteiger partial charge in [-0.25, -0.2) is 0 Å². The summed E-state index contributed by atoms with van der Waals surface area (Å²) >= 11 is 0. The van der Waals surface area contributed by atoms with Crippen LogP contribution in [0.25, 0.3) is 10.8 Å². The first-order valence-electron chi connectivity index (χ1n) is 7.44. The molecule has 1 aliphatic carbocycles. The van der Waals surface area contributed by atoms with E-state index in [4.69, 9.17) is 5.73 Å². The number of nitrogens with zero attached hydrogens (tertiary/aromatic N) is 2. The van der Waals surface area contributed by atoms with Gasteiger partial charge >= 0.3 is 0 Å². The van der Waals surface area contributed by atoms with E-state index >= 15 is 0 Å². The van der Waals surface area contributed by atoms with Crippen LogP contribution in [-0.2, 0) is 0 Å². The van der Waals surface area contributed by atoms with Gasteiger partial charge in [0, 0.05) is 59.7 Å². The molecule has 0 radical (unpaired) electrons. The number of nitrogens with one attached hydrogen (secondary N) is 1. The quantitative estimate of drug-likeness (QED) is 0.840. The predicted octanol–water partition coefficient (Wildman–Crippen LogP) is 2.47. The van der Waals surface area contributed by atoms with Crippen LogP contribution < -0.4 is 11.1 Å². The molecule has 2 fully saturated rings. The Labute approximate surface area is 119 Å². The topological polar surface area (TPSA) is 54.2 Å². The summed E-state index contributed by atoms with van der Waals surface area (Å²) in [6.45, 7) is 2.40. The number of rotatable bonds is 3. The number of hydrogen-bond donors (Lipinski definition) is 2. The molecule has 1 aliphatic heterocycles. The third kappa shape index (κ3) is 2.10. The SMILES string of the molecule is Nc1ccc(NC2CCN(C3CC3)C2)c2ccncc12. The molecular weight excluding hydrogens is 248 g/mol. The van der Waals surface area contributed by atoms with Crippen molar-refractivity contribution in [2.24, 2.45) is 0 Å². The van der Waals surface area contributed by atoms with Crippen molar-refractivity contribution in [1.29, 1.82) is 0 Å². The first-order chi connectivity index (χ1) is 9.81. The molecule has 4 heteroatoms. The number of benzene rings is 1. The molecule has 2 aliphatic rings. The second kappa shape index (κ2) is 4.63. The van der Waals surface area contributed by atoms with Crippen molar-refractivity contribution in [3.8, 4) is 0 Å². The van der Waals surface area contributed by atoms with Crippen LogP contribution in [-0.4, -0.2) is 35.1 Å². The molecule has 20 heavy (non-hydrogen) atoms. The molecule has 0 amide bonds. The molecule has 0 spiro atoms. The molecule has 4 nitrogen and oxygen atoms in total. The van der Waals surface area contributed by atoms with Crippen LogP contribution in [0.3, 0.4) is 0 Å². The highest BCUT2D eigenvalue weighted by atomic mass is 15.2. The summed E-state index contributed by atoms with van der Waals surface area (Å²) in [6, 6.07) is 7.53. The van der Waals surface area contributed by atoms with Crippen LogP contribution in [0.1, 0.15) is 19.3 Å². The van der Waals surface area contributed by atoms with Gasteiger partial charge in [0.05, 0.1) is 0 Å². The molecule has 1 saturated heterocycles. The summed E-state index contributed by atoms with van der Waals surface area (Å²) in [7, 11) is 0. The van der Waals surface area contributed by atoms with Crippen LogP contribution in [0.5, 0.6) is 0 Å². The lowest BCUT2D eigenvalue weighted by Crippen LogP contribution is -2.27. The fourth-order valence-corrected chi connectivity index (χ4v) is 3.23. The smallest absolute Gasteiger partial charge is 0.0425 e. The highest BCUT2D eigenvalue weighted by molar-refractivity contribution is 6.00. The monoisotopic (exact) mass is 268 g/mol. The molecule has 4 rings (SSSR count). The number of hydrogen-bond acceptors (Lipinski definition) is 4. The zero-order valence-corrected chi connectivity index (χ0v) is 11.5. The molecule has 1 aromatic carbocycles. The van der Waals surface area contributed by atoms with Crippen LogP contribution in [0.15, 0.2) is 30.6 Å². The largest absolute Gasteiger partial charge is 0.398 e. The van der Waals surface area contributed by atoms with Crippen molar-refractivity contribution < 1.29 is 0 Å². The fraction of sp³-hybridized carbons (Fsp3) is 0.438. The van der Waals surface area contributed by atoms with Gasteiger partial charge in [0.1, 0.15) is 0 Å². The van der Waals surface area contributed by atoms with Crippen molar-refractivity contribution in [3.05, 3.63) is 30.6 Å². The Balaban J connectivity index is 1.58. The molecule has 2 heterocycles. The number of likely N-dealkylation sites (tertiary alicyclic amines) is 1. The average molecular weight is 268 g/mol. The summed E-state index contributed by atoms with van der Waals surface area (Å²) in [5.41, 5.74) is 8.00. The third-order valence-electron chi connectivity index (χ3n) is 4.49. The van der Waals surface area contributed by atoms with Crippen molar-refractivity contribution >= 4 is 22.1 Å². The van der Waals surface area contributed by atoms with E-state index < -0.39 is 0 Å². The van der Waals surface area contributed by atoms with Crippen LogP contribution in [0.4, 0.5) is 11.4 Å². The summed E-state index contributed by atoms with van der Waals surface area (Å²) in [4.78, 5) is 6.80. The number of nitrogen functional groups attached to an aromatic ring is 1. The summed E-state index contributed by atoms with van der Waals surface area (Å²) in [5.74, 6) is 0. The molecule has 1 atom stereocenters. The Morgan fingerprint density at radius 1 is 1.15 bits per heavy atom. The molecule has 0 bridgehead atoms. The van der Waals surface area contributed by atoms with E-state index in [1.54, 1.807) is 0 Å². The fourth-order valence-electron chi connectivity index (χ4n) is 3.23. The zero-order chi connectivity index (χ0) is 13.5. The molecule has 3 N–H and O–H groups in total. The summed E-state index contributed by atoms with van der Waals surface area (Å²) < 4.78 is 0. The highest BCUT2D eigenvalue weighted by Crippen LogP contribution is 2.32. The van der Waals surface area contributed by atoms with Gasteiger partial charge in [0.25, 0.3) is 0 Å². The minimum Gasteiger partial charge on any atom is -0.398 e. The number of pyridine rings is 1. The number of aromatic nitrogens is 1. The van der Waals surface area contributed by atoms with E-state index in [1.165, 1.54) is 43.4 Å².